The van der Waals surface area contributed by atoms with Crippen molar-refractivity contribution in [1.82, 2.24) is 0 Å². The van der Waals surface area contributed by atoms with Gasteiger partial charge >= 0.3 is 5.97 Å². The molecule has 14 unspecified atom stereocenters. The molecule has 37 heteroatoms. The summed E-state index contributed by atoms with van der Waals surface area (Å²) in [5.41, 5.74) is -21.3. The molecule has 0 saturated heterocycles. The zero-order valence-electron chi connectivity index (χ0n) is 80.9. The predicted molar refractivity (Wildman–Crippen MR) is 581 cm³/mol. The van der Waals surface area contributed by atoms with E-state index < -0.39 is 76.5 Å². The van der Waals surface area contributed by atoms with E-state index in [9.17, 15) is 4.79 Å². The van der Waals surface area contributed by atoms with Crippen molar-refractivity contribution in [3.8, 4) is 0 Å². The molecule has 0 rings (SSSR count). The Morgan fingerprint density at radius 3 is 0.528 bits per heavy atom. The summed E-state index contributed by atoms with van der Waals surface area (Å²) in [5, 5.41) is 0. The molecule has 0 heterocycles. The van der Waals surface area contributed by atoms with E-state index in [1.54, 1.807) is 45.5 Å². The minimum Gasteiger partial charge on any atom is -0.469 e. The molecule has 0 aliphatic heterocycles. The largest absolute Gasteiger partial charge is 0.469 e. The number of methoxy groups -OCH3 is 1. The monoisotopic (exact) mass is 2130 g/mol. The molecule has 0 aliphatic carbocycles. The fraction of sp³-hybridized carbons (Fsp3) is 0.988. The van der Waals surface area contributed by atoms with Crippen molar-refractivity contribution in [1.29, 1.82) is 0 Å². The number of carbonyl (C=O) groups excluding carboxylic acids is 1. The smallest absolute Gasteiger partial charge is 0.306 e. The van der Waals surface area contributed by atoms with Gasteiger partial charge in [0.25, 0.3) is 0 Å². The van der Waals surface area contributed by atoms with Gasteiger partial charge in [-0.25, -0.2) is 0 Å². The Bertz CT molecular complexity index is 2540. The molecule has 0 bridgehead atoms. The van der Waals surface area contributed by atoms with Crippen LogP contribution < -0.4 is 0 Å². The van der Waals surface area contributed by atoms with Crippen molar-refractivity contribution in [2.75, 3.05) is 100 Å². The fourth-order valence-electron chi connectivity index (χ4n) is 12.5. The van der Waals surface area contributed by atoms with Crippen LogP contribution in [0.1, 0.15) is 364 Å². The standard InChI is InChI=1S/C86H179O16P7S14/c1-24-40-48-78(32-9)58-89-103(110,90-59-79(33-10)49-41-25-2)118-66-72(17)99-108(115,100-73(18)67-119-104(111,91-60-80(34-11)50-42-26-3)92-61-81(35-12)51-43-27-4)122-70-76(21)97-107(114,117-57-56-86(87)88-23)98-77(22)71-123-109(116,101-74(19)68-120-105(112,93-62-82(36-13)52-44-28-5)94-63-83(37-14)53-45-29-6)102-75(20)69-121-106(113,95-64-84(38-15)54-46-30-7)96-65-85(39-16)55-47-31-8/h72-85H,24-71H2,1-23H3. The molecule has 16 nitrogen and oxygen atoms in total. The molecule has 0 saturated carbocycles. The van der Waals surface area contributed by atoms with Crippen LogP contribution in [-0.2, 0) is 156 Å². The Morgan fingerprint density at radius 1 is 0.244 bits per heavy atom. The Kier molecular flexibility index (Phi) is 81.4. The number of esters is 1. The average molecular weight is 2140 g/mol. The summed E-state index contributed by atoms with van der Waals surface area (Å²) in [6.07, 6.45) is 32.1. The number of ether oxygens (including phenoxy) is 1. The first kappa shape index (κ1) is 129. The summed E-state index contributed by atoms with van der Waals surface area (Å²) in [6.45, 7) is 52.3. The molecular formula is C86H179O16P7S14. The number of hydrogen-bond donors (Lipinski definition) is 0. The van der Waals surface area contributed by atoms with Gasteiger partial charge < -0.3 is 68.1 Å². The van der Waals surface area contributed by atoms with Gasteiger partial charge in [0, 0.05) is 40.3 Å². The first-order valence-corrected chi connectivity index (χ1v) is 77.2. The molecule has 738 valence electrons. The van der Waals surface area contributed by atoms with Crippen LogP contribution in [0.15, 0.2) is 0 Å². The number of hydrogen-bond acceptors (Lipinski definition) is 30. The highest BCUT2D eigenvalue weighted by atomic mass is 32.9. The van der Waals surface area contributed by atoms with Gasteiger partial charge in [0.2, 0.25) is 39.9 Å². The molecule has 0 spiro atoms. The molecule has 0 aromatic heterocycles. The van der Waals surface area contributed by atoms with Crippen molar-refractivity contribution in [3.63, 3.8) is 0 Å². The quantitative estimate of drug-likeness (QED) is 0.0418. The predicted octanol–water partition coefficient (Wildman–Crippen LogP) is 34.5. The maximum absolute atomic E-state index is 12.9. The summed E-state index contributed by atoms with van der Waals surface area (Å²) in [4.78, 5) is 12.9. The summed E-state index contributed by atoms with van der Waals surface area (Å²) >= 11 is 56.5. The van der Waals surface area contributed by atoms with Crippen LogP contribution in [0.2, 0.25) is 0 Å². The molecule has 0 aliphatic rings. The molecule has 0 N–H and O–H groups in total. The van der Waals surface area contributed by atoms with Gasteiger partial charge in [0.05, 0.1) is 103 Å². The average Bonchev–Trinajstić information content (AvgIpc) is 0.844. The van der Waals surface area contributed by atoms with Crippen molar-refractivity contribution in [2.45, 2.75) is 401 Å². The summed E-state index contributed by atoms with van der Waals surface area (Å²) in [5.74, 6) is 5.57. The van der Waals surface area contributed by atoms with Gasteiger partial charge in [-0.2, -0.15) is 0 Å². The minimum absolute atomic E-state index is 0.0984. The van der Waals surface area contributed by atoms with E-state index in [1.165, 1.54) is 41.3 Å². The highest BCUT2D eigenvalue weighted by Gasteiger charge is 2.37. The molecule has 14 atom stereocenters. The Morgan fingerprint density at radius 2 is 0.390 bits per heavy atom. The van der Waals surface area contributed by atoms with Crippen molar-refractivity contribution >= 4 is 208 Å². The van der Waals surface area contributed by atoms with Gasteiger partial charge in [0.15, 0.2) is 0 Å². The Balaban J connectivity index is 8.04. The topological polar surface area (TPSA) is 156 Å². The highest BCUT2D eigenvalue weighted by Crippen LogP contribution is 2.71. The second-order valence-electron chi connectivity index (χ2n) is 33.3. The van der Waals surface area contributed by atoms with E-state index in [-0.39, 0.29) is 12.4 Å². The van der Waals surface area contributed by atoms with E-state index in [4.69, 9.17) is 151 Å². The van der Waals surface area contributed by atoms with Crippen LogP contribution in [0.4, 0.5) is 0 Å². The van der Waals surface area contributed by atoms with Gasteiger partial charge in [-0.05, 0) is 223 Å². The SMILES string of the molecule is CCCCC(CC)COP(=S)(OCC(CC)CCCC)SCC(C)OP(=S)(OC(C)CSP(=S)(OCC(CC)CCCC)OCC(CC)CCCC)SCC(C)OP(=S)(OC(C)CSP(=S)(OC(C)CSP(=S)(OCC(CC)CCCC)OCC(CC)CCCC)OC(C)CSP(=S)(OCC(CC)CCCC)OCC(CC)CCCC)SCCC(=O)OC. The number of rotatable bonds is 90. The molecule has 0 fully saturated rings. The number of unbranched alkanes of at least 4 members (excludes halogenated alkanes) is 8. The summed E-state index contributed by atoms with van der Waals surface area (Å²) in [6, 6.07) is 0. The van der Waals surface area contributed by atoms with Crippen LogP contribution in [0.5, 0.6) is 0 Å². The van der Waals surface area contributed by atoms with Gasteiger partial charge in [-0.15, -0.1) is 0 Å². The minimum atomic E-state index is -3.32. The number of carbonyl (C=O) groups is 1. The fourth-order valence-corrected chi connectivity index (χ4v) is 47.0. The van der Waals surface area contributed by atoms with Crippen molar-refractivity contribution < 1.29 is 72.9 Å². The van der Waals surface area contributed by atoms with E-state index in [0.717, 1.165) is 205 Å². The zero-order valence-corrected chi connectivity index (χ0v) is 98.6. The van der Waals surface area contributed by atoms with Crippen LogP contribution in [0.3, 0.4) is 0 Å². The highest BCUT2D eigenvalue weighted by molar-refractivity contribution is 8.70. The molecule has 0 aromatic rings. The summed E-state index contributed by atoms with van der Waals surface area (Å²) < 4.78 is 103. The Labute approximate surface area is 821 Å². The van der Waals surface area contributed by atoms with Gasteiger partial charge in [0.1, 0.15) is 0 Å². The molecule has 123 heavy (non-hydrogen) atoms. The van der Waals surface area contributed by atoms with E-state index in [0.29, 0.717) is 140 Å². The second kappa shape index (κ2) is 77.6. The van der Waals surface area contributed by atoms with E-state index in [2.05, 4.69) is 111 Å². The normalized spacial score (nSPS) is 19.2. The van der Waals surface area contributed by atoms with E-state index >= 15 is 0 Å². The van der Waals surface area contributed by atoms with Crippen LogP contribution >= 0.6 is 120 Å². The third-order valence-electron chi connectivity index (χ3n) is 21.5. The zero-order chi connectivity index (χ0) is 92.7. The third-order valence-corrected chi connectivity index (χ3v) is 59.9. The second-order valence-corrected chi connectivity index (χ2v) is 77.5. The lowest BCUT2D eigenvalue weighted by molar-refractivity contribution is -0.140. The van der Waals surface area contributed by atoms with Crippen molar-refractivity contribution in [3.05, 3.63) is 0 Å². The Hall–Kier alpha value is 5.91. The molecule has 0 radical (unpaired) electrons. The lowest BCUT2D eigenvalue weighted by atomic mass is 10.0. The first-order valence-electron chi connectivity index (χ1n) is 47.6. The third kappa shape index (κ3) is 64.8. The maximum atomic E-state index is 12.9. The van der Waals surface area contributed by atoms with Gasteiger partial charge in [-0.3, -0.25) is 4.79 Å². The molecule has 0 amide bonds. The maximum Gasteiger partial charge on any atom is 0.306 e. The van der Waals surface area contributed by atoms with Gasteiger partial charge in [-0.1, -0.05) is 345 Å². The lowest BCUT2D eigenvalue weighted by Gasteiger charge is -2.32. The first-order chi connectivity index (χ1) is 58.5. The molecule has 0 aromatic carbocycles. The molecular weight excluding hydrogens is 1950 g/mol. The van der Waals surface area contributed by atoms with E-state index in [1.807, 2.05) is 41.5 Å². The van der Waals surface area contributed by atoms with Crippen LogP contribution in [0, 0.1) is 47.3 Å². The van der Waals surface area contributed by atoms with Crippen LogP contribution in [-0.4, -0.2) is 143 Å². The van der Waals surface area contributed by atoms with Crippen molar-refractivity contribution in [2.24, 2.45) is 47.3 Å². The summed E-state index contributed by atoms with van der Waals surface area (Å²) in [7, 11) is 1.39. The lowest BCUT2D eigenvalue weighted by Crippen LogP contribution is -2.18. The van der Waals surface area contributed by atoms with Crippen LogP contribution in [0.25, 0.3) is 0 Å².